The fourth-order valence-electron chi connectivity index (χ4n) is 4.42. The summed E-state index contributed by atoms with van der Waals surface area (Å²) in [5, 5.41) is 3.52. The maximum Gasteiger partial charge on any atom is 0.330 e. The summed E-state index contributed by atoms with van der Waals surface area (Å²) in [6.45, 7) is 2.56. The molecule has 0 spiro atoms. The number of amides is 1. The predicted molar refractivity (Wildman–Crippen MR) is 120 cm³/mol. The highest BCUT2D eigenvalue weighted by molar-refractivity contribution is 8.00. The lowest BCUT2D eigenvalue weighted by Gasteiger charge is -2.22. The van der Waals surface area contributed by atoms with Crippen LogP contribution in [0.5, 0.6) is 0 Å². The Balaban J connectivity index is 1.43. The standard InChI is InChI=1S/C22H29N5O3S/c1-12(19(28)23-11-13-5-3-2-4-6-13)31-21-16-18(24-17(25-21)14-7-8-14)27(15-9-10-15)22(30)26-20(16)29/h12-15H,2-11H2,1H3,(H,23,28)(H,26,29,30). The molecule has 2 aromatic heterocycles. The maximum absolute atomic E-state index is 12.8. The predicted octanol–water partition coefficient (Wildman–Crippen LogP) is 2.87. The molecule has 3 aliphatic rings. The number of nitrogens with one attached hydrogen (secondary N) is 2. The summed E-state index contributed by atoms with van der Waals surface area (Å²) >= 11 is 1.29. The molecule has 166 valence electrons. The Bertz CT molecular complexity index is 1110. The van der Waals surface area contributed by atoms with Gasteiger partial charge >= 0.3 is 5.69 Å². The average molecular weight is 444 g/mol. The number of H-pyrrole nitrogens is 1. The Morgan fingerprint density at radius 2 is 1.87 bits per heavy atom. The zero-order valence-electron chi connectivity index (χ0n) is 17.9. The highest BCUT2D eigenvalue weighted by atomic mass is 32.2. The number of rotatable bonds is 7. The molecular weight excluding hydrogens is 414 g/mol. The summed E-state index contributed by atoms with van der Waals surface area (Å²) in [4.78, 5) is 49.8. The normalized spacial score (nSPS) is 20.7. The van der Waals surface area contributed by atoms with Gasteiger partial charge in [-0.25, -0.2) is 14.8 Å². The van der Waals surface area contributed by atoms with E-state index in [2.05, 4.69) is 20.3 Å². The first kappa shape index (κ1) is 20.7. The SMILES string of the molecule is CC(Sc1nc(C2CC2)nc2c1c(=O)[nH]c(=O)n2C1CC1)C(=O)NCC1CCCCC1. The number of thioether (sulfide) groups is 1. The van der Waals surface area contributed by atoms with Crippen LogP contribution >= 0.6 is 11.8 Å². The van der Waals surface area contributed by atoms with Crippen LogP contribution in [0.1, 0.15) is 82.5 Å². The van der Waals surface area contributed by atoms with Gasteiger partial charge in [-0.05, 0) is 51.4 Å². The van der Waals surface area contributed by atoms with Gasteiger partial charge < -0.3 is 5.32 Å². The van der Waals surface area contributed by atoms with Crippen molar-refractivity contribution >= 4 is 28.7 Å². The van der Waals surface area contributed by atoms with Gasteiger partial charge in [0.25, 0.3) is 5.56 Å². The Morgan fingerprint density at radius 3 is 2.55 bits per heavy atom. The van der Waals surface area contributed by atoms with Crippen molar-refractivity contribution in [3.05, 3.63) is 26.7 Å². The van der Waals surface area contributed by atoms with Crippen molar-refractivity contribution in [2.75, 3.05) is 6.54 Å². The number of carbonyl (C=O) groups excluding carboxylic acids is 1. The second-order valence-corrected chi connectivity index (χ2v) is 10.6. The van der Waals surface area contributed by atoms with Gasteiger partial charge in [0.2, 0.25) is 5.91 Å². The van der Waals surface area contributed by atoms with Gasteiger partial charge in [0, 0.05) is 18.5 Å². The van der Waals surface area contributed by atoms with Crippen molar-refractivity contribution in [2.45, 2.75) is 86.9 Å². The summed E-state index contributed by atoms with van der Waals surface area (Å²) in [5.74, 6) is 1.49. The molecule has 0 saturated heterocycles. The maximum atomic E-state index is 12.8. The molecule has 1 atom stereocenters. The zero-order chi connectivity index (χ0) is 21.5. The van der Waals surface area contributed by atoms with Crippen molar-refractivity contribution < 1.29 is 4.79 Å². The molecule has 3 aliphatic carbocycles. The second-order valence-electron chi connectivity index (χ2n) is 9.23. The highest BCUT2D eigenvalue weighted by Gasteiger charge is 2.33. The van der Waals surface area contributed by atoms with Gasteiger partial charge in [-0.1, -0.05) is 31.0 Å². The van der Waals surface area contributed by atoms with Gasteiger partial charge in [0.1, 0.15) is 16.2 Å². The van der Waals surface area contributed by atoms with Crippen molar-refractivity contribution in [2.24, 2.45) is 5.92 Å². The van der Waals surface area contributed by atoms with E-state index in [-0.39, 0.29) is 17.9 Å². The number of hydrogen-bond donors (Lipinski definition) is 2. The van der Waals surface area contributed by atoms with Crippen LogP contribution in [0.15, 0.2) is 14.6 Å². The van der Waals surface area contributed by atoms with E-state index in [0.29, 0.717) is 34.3 Å². The molecule has 3 saturated carbocycles. The van der Waals surface area contributed by atoms with E-state index in [4.69, 9.17) is 0 Å². The molecule has 3 fully saturated rings. The lowest BCUT2D eigenvalue weighted by Crippen LogP contribution is -2.35. The minimum atomic E-state index is -0.475. The van der Waals surface area contributed by atoms with Gasteiger partial charge in [-0.15, -0.1) is 0 Å². The highest BCUT2D eigenvalue weighted by Crippen LogP contribution is 2.41. The van der Waals surface area contributed by atoms with E-state index in [1.54, 1.807) is 4.57 Å². The van der Waals surface area contributed by atoms with Crippen LogP contribution in [0.4, 0.5) is 0 Å². The van der Waals surface area contributed by atoms with E-state index in [0.717, 1.165) is 25.7 Å². The number of fused-ring (bicyclic) bond motifs is 1. The van der Waals surface area contributed by atoms with Crippen LogP contribution in [-0.2, 0) is 4.79 Å². The minimum absolute atomic E-state index is 0.0396. The molecule has 1 amide bonds. The molecular formula is C22H29N5O3S. The van der Waals surface area contributed by atoms with Crippen LogP contribution in [0, 0.1) is 5.92 Å². The topological polar surface area (TPSA) is 110 Å². The van der Waals surface area contributed by atoms with Gasteiger partial charge in [-0.2, -0.15) is 0 Å². The smallest absolute Gasteiger partial charge is 0.330 e. The first-order valence-electron chi connectivity index (χ1n) is 11.5. The van der Waals surface area contributed by atoms with Crippen molar-refractivity contribution in [3.63, 3.8) is 0 Å². The van der Waals surface area contributed by atoms with Crippen LogP contribution in [-0.4, -0.2) is 37.2 Å². The van der Waals surface area contributed by atoms with E-state index < -0.39 is 16.5 Å². The molecule has 1 unspecified atom stereocenters. The third kappa shape index (κ3) is 4.42. The van der Waals surface area contributed by atoms with Crippen LogP contribution < -0.4 is 16.6 Å². The van der Waals surface area contributed by atoms with E-state index in [1.807, 2.05) is 6.92 Å². The van der Waals surface area contributed by atoms with Crippen molar-refractivity contribution in [3.8, 4) is 0 Å². The molecule has 8 nitrogen and oxygen atoms in total. The number of hydrogen-bond acceptors (Lipinski definition) is 6. The minimum Gasteiger partial charge on any atom is -0.355 e. The van der Waals surface area contributed by atoms with Gasteiger partial charge in [-0.3, -0.25) is 19.1 Å². The summed E-state index contributed by atoms with van der Waals surface area (Å²) in [7, 11) is 0. The lowest BCUT2D eigenvalue weighted by molar-refractivity contribution is -0.120. The first-order chi connectivity index (χ1) is 15.0. The summed E-state index contributed by atoms with van der Waals surface area (Å²) < 4.78 is 1.61. The Morgan fingerprint density at radius 1 is 1.13 bits per heavy atom. The molecule has 5 rings (SSSR count). The molecule has 0 bridgehead atoms. The number of aromatic amines is 1. The molecule has 2 heterocycles. The zero-order valence-corrected chi connectivity index (χ0v) is 18.7. The third-order valence-electron chi connectivity index (χ3n) is 6.57. The molecule has 31 heavy (non-hydrogen) atoms. The molecule has 2 N–H and O–H groups in total. The summed E-state index contributed by atoms with van der Waals surface area (Å²) in [5.41, 5.74) is -0.461. The average Bonchev–Trinajstić information content (AvgIpc) is 3.65. The second kappa shape index (κ2) is 8.41. The van der Waals surface area contributed by atoms with Crippen LogP contribution in [0.25, 0.3) is 11.0 Å². The van der Waals surface area contributed by atoms with E-state index in [9.17, 15) is 14.4 Å². The molecule has 9 heteroatoms. The summed E-state index contributed by atoms with van der Waals surface area (Å²) in [6, 6.07) is 0.0860. The molecule has 0 aliphatic heterocycles. The first-order valence-corrected chi connectivity index (χ1v) is 12.4. The fourth-order valence-corrected chi connectivity index (χ4v) is 5.39. The van der Waals surface area contributed by atoms with Gasteiger partial charge in [0.05, 0.1) is 5.25 Å². The molecule has 0 radical (unpaired) electrons. The third-order valence-corrected chi connectivity index (χ3v) is 7.66. The molecule has 0 aromatic carbocycles. The number of nitrogens with zero attached hydrogens (tertiary/aromatic N) is 3. The van der Waals surface area contributed by atoms with Gasteiger partial charge in [0.15, 0.2) is 5.65 Å². The lowest BCUT2D eigenvalue weighted by atomic mass is 9.89. The monoisotopic (exact) mass is 443 g/mol. The number of carbonyl (C=O) groups is 1. The molecule has 2 aromatic rings. The largest absolute Gasteiger partial charge is 0.355 e. The number of aromatic nitrogens is 4. The van der Waals surface area contributed by atoms with E-state index in [1.165, 1.54) is 43.9 Å². The van der Waals surface area contributed by atoms with Crippen molar-refractivity contribution in [1.82, 2.24) is 24.8 Å². The summed E-state index contributed by atoms with van der Waals surface area (Å²) in [6.07, 6.45) is 9.99. The Labute approximate surface area is 184 Å². The Hall–Kier alpha value is -2.16. The fraction of sp³-hybridized carbons (Fsp3) is 0.682. The Kier molecular flexibility index (Phi) is 5.62. The van der Waals surface area contributed by atoms with E-state index >= 15 is 0 Å². The van der Waals surface area contributed by atoms with Crippen LogP contribution in [0.3, 0.4) is 0 Å². The van der Waals surface area contributed by atoms with Crippen LogP contribution in [0.2, 0.25) is 0 Å². The quantitative estimate of drug-likeness (QED) is 0.503. The van der Waals surface area contributed by atoms with Crippen molar-refractivity contribution in [1.29, 1.82) is 0 Å².